The topological polar surface area (TPSA) is 98.7 Å². The number of hydrogen-bond acceptors (Lipinski definition) is 8. The molecule has 1 aliphatic carbocycles. The van der Waals surface area contributed by atoms with Crippen molar-refractivity contribution in [2.24, 2.45) is 11.8 Å². The quantitative estimate of drug-likeness (QED) is 0.747. The van der Waals surface area contributed by atoms with Gasteiger partial charge in [0.15, 0.2) is 17.5 Å². The lowest BCUT2D eigenvalue weighted by Crippen LogP contribution is -2.59. The van der Waals surface area contributed by atoms with Crippen LogP contribution in [0.25, 0.3) is 0 Å². The van der Waals surface area contributed by atoms with Crippen molar-refractivity contribution in [2.45, 2.75) is 31.5 Å². The average Bonchev–Trinajstić information content (AvgIpc) is 3.48. The molecule has 0 radical (unpaired) electrons. The zero-order chi connectivity index (χ0) is 22.3. The molecule has 1 saturated carbocycles. The zero-order valence-corrected chi connectivity index (χ0v) is 17.5. The summed E-state index contributed by atoms with van der Waals surface area (Å²) in [7, 11) is 0. The van der Waals surface area contributed by atoms with E-state index in [0.29, 0.717) is 26.3 Å². The molecular weight excluding hydrogens is 424 g/mol. The Kier molecular flexibility index (Phi) is 5.28. The first-order valence-corrected chi connectivity index (χ1v) is 10.5. The lowest BCUT2D eigenvalue weighted by molar-refractivity contribution is -0.112. The molecule has 2 saturated heterocycles. The first-order chi connectivity index (χ1) is 15.4. The lowest BCUT2D eigenvalue weighted by atomic mass is 9.84. The molecule has 2 aliphatic heterocycles. The summed E-state index contributed by atoms with van der Waals surface area (Å²) < 4.78 is 46.1. The summed E-state index contributed by atoms with van der Waals surface area (Å²) in [4.78, 5) is 25.8. The van der Waals surface area contributed by atoms with Crippen molar-refractivity contribution in [1.29, 1.82) is 0 Å². The Morgan fingerprint density at radius 2 is 1.94 bits per heavy atom. The molecule has 1 amide bonds. The number of rotatable bonds is 5. The second kappa shape index (κ2) is 8.12. The van der Waals surface area contributed by atoms with E-state index >= 15 is 4.39 Å². The van der Waals surface area contributed by atoms with Gasteiger partial charge in [0.2, 0.25) is 5.82 Å². The molecule has 1 N–H and O–H groups in total. The molecule has 0 spiro atoms. The Morgan fingerprint density at radius 3 is 2.62 bits per heavy atom. The van der Waals surface area contributed by atoms with E-state index in [9.17, 15) is 9.18 Å². The minimum Gasteiger partial charge on any atom is -0.471 e. The van der Waals surface area contributed by atoms with Crippen molar-refractivity contribution >= 4 is 17.7 Å². The van der Waals surface area contributed by atoms with E-state index in [4.69, 9.17) is 14.2 Å². The maximum Gasteiger partial charge on any atom is 0.410 e. The fraction of sp³-hybridized carbons (Fsp3) is 0.524. The number of hydrogen-bond donors (Lipinski definition) is 1. The summed E-state index contributed by atoms with van der Waals surface area (Å²) in [6, 6.07) is 2.63. The summed E-state index contributed by atoms with van der Waals surface area (Å²) in [6.07, 6.45) is 3.54. The molecule has 32 heavy (non-hydrogen) atoms. The monoisotopic (exact) mass is 447 g/mol. The van der Waals surface area contributed by atoms with Crippen molar-refractivity contribution in [1.82, 2.24) is 19.9 Å². The van der Waals surface area contributed by atoms with Gasteiger partial charge < -0.3 is 24.4 Å². The van der Waals surface area contributed by atoms with Gasteiger partial charge in [-0.2, -0.15) is 9.37 Å². The minimum atomic E-state index is -0.847. The third kappa shape index (κ3) is 4.16. The first-order valence-electron chi connectivity index (χ1n) is 10.5. The van der Waals surface area contributed by atoms with Gasteiger partial charge in [-0.15, -0.1) is 0 Å². The molecular formula is C21H23F2N5O4. The lowest BCUT2D eigenvalue weighted by Gasteiger charge is -2.46. The van der Waals surface area contributed by atoms with Crippen molar-refractivity contribution in [3.05, 3.63) is 36.3 Å². The first kappa shape index (κ1) is 20.8. The largest absolute Gasteiger partial charge is 0.471 e. The van der Waals surface area contributed by atoms with E-state index in [0.717, 1.165) is 19.2 Å². The van der Waals surface area contributed by atoms with Gasteiger partial charge in [-0.05, 0) is 31.9 Å². The van der Waals surface area contributed by atoms with E-state index in [1.807, 2.05) is 6.92 Å². The van der Waals surface area contributed by atoms with Crippen LogP contribution in [-0.2, 0) is 9.47 Å². The number of nitrogens with zero attached hydrogens (tertiary/aromatic N) is 4. The molecule has 11 heteroatoms. The fourth-order valence-electron chi connectivity index (χ4n) is 4.04. The highest BCUT2D eigenvalue weighted by Gasteiger charge is 2.47. The normalized spacial score (nSPS) is 25.7. The number of piperidine rings is 1. The van der Waals surface area contributed by atoms with Crippen LogP contribution in [0.3, 0.4) is 0 Å². The molecule has 9 nitrogen and oxygen atoms in total. The third-order valence-corrected chi connectivity index (χ3v) is 6.05. The second-order valence-corrected chi connectivity index (χ2v) is 8.66. The summed E-state index contributed by atoms with van der Waals surface area (Å²) >= 11 is 0. The molecule has 2 aromatic rings. The smallest absolute Gasteiger partial charge is 0.410 e. The van der Waals surface area contributed by atoms with Crippen LogP contribution in [0.2, 0.25) is 0 Å². The van der Waals surface area contributed by atoms with Crippen LogP contribution in [0.4, 0.5) is 25.2 Å². The minimum absolute atomic E-state index is 0.155. The van der Waals surface area contributed by atoms with Crippen LogP contribution < -0.4 is 10.1 Å². The van der Waals surface area contributed by atoms with Gasteiger partial charge in [0.25, 0.3) is 5.88 Å². The number of pyridine rings is 1. The molecule has 2 unspecified atom stereocenters. The van der Waals surface area contributed by atoms with Gasteiger partial charge in [-0.25, -0.2) is 19.2 Å². The van der Waals surface area contributed by atoms with Gasteiger partial charge in [0.05, 0.1) is 13.2 Å². The number of carbonyl (C=O) groups is 1. The molecule has 170 valence electrons. The van der Waals surface area contributed by atoms with Gasteiger partial charge in [0, 0.05) is 31.1 Å². The maximum absolute atomic E-state index is 15.0. The molecule has 3 fully saturated rings. The Balaban J connectivity index is 1.30. The van der Waals surface area contributed by atoms with E-state index in [-0.39, 0.29) is 41.0 Å². The molecule has 3 aliphatic rings. The molecule has 2 aromatic heterocycles. The Labute approximate surface area is 183 Å². The number of carbonyl (C=O) groups excluding carboxylic acids is 1. The average molecular weight is 447 g/mol. The molecule has 0 aromatic carbocycles. The predicted octanol–water partition coefficient (Wildman–Crippen LogP) is 2.91. The molecule has 2 bridgehead atoms. The highest BCUT2D eigenvalue weighted by atomic mass is 19.1. The summed E-state index contributed by atoms with van der Waals surface area (Å²) in [5.41, 5.74) is -0.351. The van der Waals surface area contributed by atoms with Crippen LogP contribution >= 0.6 is 0 Å². The fourth-order valence-corrected chi connectivity index (χ4v) is 4.04. The summed E-state index contributed by atoms with van der Waals surface area (Å²) in [6.45, 7) is 3.43. The maximum atomic E-state index is 15.0. The van der Waals surface area contributed by atoms with E-state index in [2.05, 4.69) is 20.3 Å². The zero-order valence-electron chi connectivity index (χ0n) is 17.5. The Bertz CT molecular complexity index is 1010. The van der Waals surface area contributed by atoms with Crippen LogP contribution in [0.5, 0.6) is 5.88 Å². The highest BCUT2D eigenvalue weighted by molar-refractivity contribution is 5.68. The van der Waals surface area contributed by atoms with Crippen molar-refractivity contribution in [3.8, 4) is 5.88 Å². The van der Waals surface area contributed by atoms with E-state index < -0.39 is 17.7 Å². The van der Waals surface area contributed by atoms with Crippen LogP contribution in [0, 0.1) is 23.5 Å². The van der Waals surface area contributed by atoms with Gasteiger partial charge in [-0.1, -0.05) is 0 Å². The Morgan fingerprint density at radius 1 is 1.19 bits per heavy atom. The SMILES string of the molecule is CC1(OC(=O)N2CC3COCC(C2)C3Oc2ncnc(Nc3ncccc3F)c2F)CC1. The number of halogens is 2. The van der Waals surface area contributed by atoms with E-state index in [1.54, 1.807) is 4.90 Å². The Hall–Kier alpha value is -3.08. The highest BCUT2D eigenvalue weighted by Crippen LogP contribution is 2.40. The summed E-state index contributed by atoms with van der Waals surface area (Å²) in [5.74, 6) is -2.46. The summed E-state index contributed by atoms with van der Waals surface area (Å²) in [5, 5.41) is 2.53. The number of anilines is 2. The number of likely N-dealkylation sites (tertiary alicyclic amines) is 1. The number of ether oxygens (including phenoxy) is 3. The number of fused-ring (bicyclic) bond motifs is 2. The van der Waals surface area contributed by atoms with Crippen molar-refractivity contribution in [3.63, 3.8) is 0 Å². The van der Waals surface area contributed by atoms with Crippen LogP contribution in [0.1, 0.15) is 19.8 Å². The van der Waals surface area contributed by atoms with Gasteiger partial charge in [-0.3, -0.25) is 0 Å². The molecule has 4 heterocycles. The van der Waals surface area contributed by atoms with Gasteiger partial charge in [0.1, 0.15) is 18.0 Å². The van der Waals surface area contributed by atoms with Crippen molar-refractivity contribution < 1.29 is 27.8 Å². The third-order valence-electron chi connectivity index (χ3n) is 6.05. The number of nitrogens with one attached hydrogen (secondary N) is 1. The second-order valence-electron chi connectivity index (χ2n) is 8.66. The van der Waals surface area contributed by atoms with E-state index in [1.165, 1.54) is 18.3 Å². The number of aromatic nitrogens is 3. The van der Waals surface area contributed by atoms with Crippen LogP contribution in [0.15, 0.2) is 24.7 Å². The number of amides is 1. The predicted molar refractivity (Wildman–Crippen MR) is 107 cm³/mol. The van der Waals surface area contributed by atoms with Crippen LogP contribution in [-0.4, -0.2) is 64.0 Å². The van der Waals surface area contributed by atoms with Crippen molar-refractivity contribution in [2.75, 3.05) is 31.6 Å². The molecule has 2 atom stereocenters. The molecule has 5 rings (SSSR count). The standard InChI is InChI=1S/C21H23F2N5O4/c1-21(4-5-21)32-20(29)28-7-12-9-30-10-13(8-28)16(12)31-19-15(23)18(25-11-26-19)27-17-14(22)3-2-6-24-17/h2-3,6,11-13,16H,4-5,7-10H2,1H3,(H,24,25,26,27). The van der Waals surface area contributed by atoms with Gasteiger partial charge >= 0.3 is 6.09 Å².